The van der Waals surface area contributed by atoms with E-state index in [9.17, 15) is 5.11 Å². The molecule has 0 saturated carbocycles. The summed E-state index contributed by atoms with van der Waals surface area (Å²) in [5.41, 5.74) is 1.25. The van der Waals surface area contributed by atoms with Gasteiger partial charge in [-0.05, 0) is 24.4 Å². The van der Waals surface area contributed by atoms with Crippen LogP contribution in [0.2, 0.25) is 0 Å². The zero-order valence-corrected chi connectivity index (χ0v) is 12.1. The van der Waals surface area contributed by atoms with E-state index < -0.39 is 0 Å². The van der Waals surface area contributed by atoms with Gasteiger partial charge in [-0.15, -0.1) is 0 Å². The Kier molecular flexibility index (Phi) is 4.97. The van der Waals surface area contributed by atoms with Crippen molar-refractivity contribution in [2.75, 3.05) is 26.2 Å². The van der Waals surface area contributed by atoms with Crippen molar-refractivity contribution >= 4 is 0 Å². The fourth-order valence-electron chi connectivity index (χ4n) is 2.68. The van der Waals surface area contributed by atoms with Gasteiger partial charge in [0.25, 0.3) is 0 Å². The van der Waals surface area contributed by atoms with Crippen LogP contribution in [0, 0.1) is 5.92 Å². The molecule has 0 aliphatic carbocycles. The van der Waals surface area contributed by atoms with E-state index in [1.54, 1.807) is 0 Å². The smallest absolute Gasteiger partial charge is 0.0626 e. The second kappa shape index (κ2) is 6.51. The van der Waals surface area contributed by atoms with Crippen molar-refractivity contribution in [3.8, 4) is 0 Å². The Balaban J connectivity index is 1.90. The van der Waals surface area contributed by atoms with Gasteiger partial charge in [-0.1, -0.05) is 44.2 Å². The number of benzene rings is 1. The predicted molar refractivity (Wildman–Crippen MR) is 79.0 cm³/mol. The quantitative estimate of drug-likeness (QED) is 0.821. The Morgan fingerprint density at radius 2 is 2.05 bits per heavy atom. The van der Waals surface area contributed by atoms with E-state index in [0.29, 0.717) is 5.92 Å². The van der Waals surface area contributed by atoms with Crippen molar-refractivity contribution < 1.29 is 5.11 Å². The lowest BCUT2D eigenvalue weighted by atomic mass is 9.99. The summed E-state index contributed by atoms with van der Waals surface area (Å²) in [7, 11) is 0. The Hall–Kier alpha value is -0.900. The molecule has 0 spiro atoms. The molecule has 1 heterocycles. The van der Waals surface area contributed by atoms with E-state index in [0.717, 1.165) is 32.6 Å². The number of aliphatic hydroxyl groups is 1. The molecular formula is C16H26N2O. The van der Waals surface area contributed by atoms with Crippen molar-refractivity contribution in [2.45, 2.75) is 32.4 Å². The summed E-state index contributed by atoms with van der Waals surface area (Å²) >= 11 is 0. The fraction of sp³-hybridized carbons (Fsp3) is 0.625. The van der Waals surface area contributed by atoms with Gasteiger partial charge in [0.05, 0.1) is 12.1 Å². The standard InChI is InChI=1S/C16H26N2O/c1-14(2)10-17-16(13-19)8-9-18(12-16)11-15-6-4-3-5-7-15/h3-7,14,17,19H,8-13H2,1-2H3. The molecule has 1 unspecified atom stereocenters. The molecule has 19 heavy (non-hydrogen) atoms. The summed E-state index contributed by atoms with van der Waals surface area (Å²) in [5.74, 6) is 0.617. The van der Waals surface area contributed by atoms with Gasteiger partial charge >= 0.3 is 0 Å². The van der Waals surface area contributed by atoms with Gasteiger partial charge in [0.2, 0.25) is 0 Å². The van der Waals surface area contributed by atoms with Crippen LogP contribution in [0.1, 0.15) is 25.8 Å². The number of nitrogens with zero attached hydrogens (tertiary/aromatic N) is 1. The molecule has 1 aliphatic heterocycles. The maximum atomic E-state index is 9.72. The zero-order valence-electron chi connectivity index (χ0n) is 12.1. The van der Waals surface area contributed by atoms with E-state index in [2.05, 4.69) is 54.4 Å². The van der Waals surface area contributed by atoms with E-state index in [-0.39, 0.29) is 12.1 Å². The van der Waals surface area contributed by atoms with E-state index in [1.165, 1.54) is 5.56 Å². The maximum Gasteiger partial charge on any atom is 0.0626 e. The van der Waals surface area contributed by atoms with Gasteiger partial charge in [-0.3, -0.25) is 4.90 Å². The molecule has 1 atom stereocenters. The third-order valence-electron chi connectivity index (χ3n) is 3.87. The first-order chi connectivity index (χ1) is 9.13. The van der Waals surface area contributed by atoms with Crippen LogP contribution in [0.15, 0.2) is 30.3 Å². The van der Waals surface area contributed by atoms with Crippen molar-refractivity contribution in [2.24, 2.45) is 5.92 Å². The molecule has 0 aromatic heterocycles. The number of aliphatic hydroxyl groups excluding tert-OH is 1. The highest BCUT2D eigenvalue weighted by Gasteiger charge is 2.36. The highest BCUT2D eigenvalue weighted by Crippen LogP contribution is 2.23. The lowest BCUT2D eigenvalue weighted by Crippen LogP contribution is -2.51. The van der Waals surface area contributed by atoms with Crippen LogP contribution in [0.25, 0.3) is 0 Å². The first kappa shape index (κ1) is 14.5. The third-order valence-corrected chi connectivity index (χ3v) is 3.87. The molecule has 0 bridgehead atoms. The average molecular weight is 262 g/mol. The largest absolute Gasteiger partial charge is 0.394 e. The molecule has 1 aromatic carbocycles. The number of rotatable bonds is 6. The lowest BCUT2D eigenvalue weighted by Gasteiger charge is -2.29. The van der Waals surface area contributed by atoms with Crippen LogP contribution in [0.3, 0.4) is 0 Å². The number of hydrogen-bond donors (Lipinski definition) is 2. The van der Waals surface area contributed by atoms with Crippen LogP contribution in [0.4, 0.5) is 0 Å². The summed E-state index contributed by atoms with van der Waals surface area (Å²) < 4.78 is 0. The molecule has 3 nitrogen and oxygen atoms in total. The molecule has 1 fully saturated rings. The third kappa shape index (κ3) is 4.03. The number of likely N-dealkylation sites (tertiary alicyclic amines) is 1. The Morgan fingerprint density at radius 3 is 2.68 bits per heavy atom. The maximum absolute atomic E-state index is 9.72. The summed E-state index contributed by atoms with van der Waals surface area (Å²) in [6.07, 6.45) is 1.03. The Morgan fingerprint density at radius 1 is 1.32 bits per heavy atom. The molecule has 1 saturated heterocycles. The second-order valence-electron chi connectivity index (χ2n) is 6.16. The van der Waals surface area contributed by atoms with Crippen molar-refractivity contribution in [1.82, 2.24) is 10.2 Å². The van der Waals surface area contributed by atoms with E-state index >= 15 is 0 Å². The van der Waals surface area contributed by atoms with Crippen molar-refractivity contribution in [3.05, 3.63) is 35.9 Å². The van der Waals surface area contributed by atoms with Crippen LogP contribution < -0.4 is 5.32 Å². The SMILES string of the molecule is CC(C)CNC1(CO)CCN(Cc2ccccc2)C1. The normalized spacial score (nSPS) is 24.2. The first-order valence-corrected chi connectivity index (χ1v) is 7.26. The minimum absolute atomic E-state index is 0.0982. The number of hydrogen-bond acceptors (Lipinski definition) is 3. The zero-order chi connectivity index (χ0) is 13.7. The highest BCUT2D eigenvalue weighted by molar-refractivity contribution is 5.15. The minimum atomic E-state index is -0.0982. The van der Waals surface area contributed by atoms with Crippen LogP contribution in [-0.4, -0.2) is 41.8 Å². The lowest BCUT2D eigenvalue weighted by molar-refractivity contribution is 0.155. The van der Waals surface area contributed by atoms with Crippen molar-refractivity contribution in [3.63, 3.8) is 0 Å². The summed E-state index contributed by atoms with van der Waals surface area (Å²) in [6.45, 7) is 8.58. The molecule has 3 heteroatoms. The van der Waals surface area contributed by atoms with Gasteiger partial charge < -0.3 is 10.4 Å². The second-order valence-corrected chi connectivity index (χ2v) is 6.16. The molecule has 2 N–H and O–H groups in total. The molecule has 1 aromatic rings. The summed E-state index contributed by atoms with van der Waals surface area (Å²) in [4.78, 5) is 2.43. The minimum Gasteiger partial charge on any atom is -0.394 e. The summed E-state index contributed by atoms with van der Waals surface area (Å²) in [5, 5.41) is 13.3. The van der Waals surface area contributed by atoms with Gasteiger partial charge in [0, 0.05) is 19.6 Å². The molecule has 2 rings (SSSR count). The highest BCUT2D eigenvalue weighted by atomic mass is 16.3. The van der Waals surface area contributed by atoms with Crippen LogP contribution >= 0.6 is 0 Å². The first-order valence-electron chi connectivity index (χ1n) is 7.26. The topological polar surface area (TPSA) is 35.5 Å². The van der Waals surface area contributed by atoms with Crippen LogP contribution in [0.5, 0.6) is 0 Å². The van der Waals surface area contributed by atoms with Gasteiger partial charge in [-0.25, -0.2) is 0 Å². The molecule has 106 valence electrons. The fourth-order valence-corrected chi connectivity index (χ4v) is 2.68. The molecular weight excluding hydrogens is 236 g/mol. The monoisotopic (exact) mass is 262 g/mol. The molecule has 0 amide bonds. The molecule has 0 radical (unpaired) electrons. The van der Waals surface area contributed by atoms with Crippen molar-refractivity contribution in [1.29, 1.82) is 0 Å². The van der Waals surface area contributed by atoms with Gasteiger partial charge in [-0.2, -0.15) is 0 Å². The molecule has 1 aliphatic rings. The number of nitrogens with one attached hydrogen (secondary N) is 1. The van der Waals surface area contributed by atoms with Gasteiger partial charge in [0.1, 0.15) is 0 Å². The average Bonchev–Trinajstić information content (AvgIpc) is 2.82. The van der Waals surface area contributed by atoms with Crippen LogP contribution in [-0.2, 0) is 6.54 Å². The van der Waals surface area contributed by atoms with Gasteiger partial charge in [0.15, 0.2) is 0 Å². The Labute approximate surface area is 116 Å². The predicted octanol–water partition coefficient (Wildman–Crippen LogP) is 1.87. The summed E-state index contributed by atoms with van der Waals surface area (Å²) in [6, 6.07) is 10.6. The Bertz CT molecular complexity index is 380. The van der Waals surface area contributed by atoms with E-state index in [4.69, 9.17) is 0 Å². The van der Waals surface area contributed by atoms with E-state index in [1.807, 2.05) is 0 Å².